The van der Waals surface area contributed by atoms with Crippen LogP contribution in [0.25, 0.3) is 0 Å². The zero-order valence-electron chi connectivity index (χ0n) is 11.1. The third-order valence-electron chi connectivity index (χ3n) is 2.83. The molecule has 2 N–H and O–H groups in total. The number of nitrogens with two attached hydrogens (primary N) is 1. The summed E-state index contributed by atoms with van der Waals surface area (Å²) in [5.41, 5.74) is 5.68. The van der Waals surface area contributed by atoms with E-state index in [-0.39, 0.29) is 26.9 Å². The molecule has 0 radical (unpaired) electrons. The molecule has 0 spiro atoms. The van der Waals surface area contributed by atoms with Gasteiger partial charge in [0.05, 0.1) is 22.3 Å². The van der Waals surface area contributed by atoms with Crippen LogP contribution in [-0.4, -0.2) is 12.4 Å². The number of halogens is 3. The second-order valence-corrected chi connectivity index (χ2v) is 5.08. The lowest BCUT2D eigenvalue weighted by atomic mass is 10.0. The van der Waals surface area contributed by atoms with E-state index in [0.29, 0.717) is 12.4 Å². The number of carbonyl (C=O) groups is 1. The minimum Gasteiger partial charge on any atom is -0.492 e. The molecule has 0 fully saturated rings. The molecule has 6 heteroatoms. The maximum atomic E-state index is 13.4. The van der Waals surface area contributed by atoms with E-state index < -0.39 is 11.6 Å². The quantitative estimate of drug-likeness (QED) is 0.671. The number of anilines is 1. The van der Waals surface area contributed by atoms with Crippen LogP contribution in [0.1, 0.15) is 22.8 Å². The normalized spacial score (nSPS) is 10.5. The molecule has 0 bridgehead atoms. The molecule has 110 valence electrons. The van der Waals surface area contributed by atoms with Crippen molar-refractivity contribution in [3.8, 4) is 5.75 Å². The van der Waals surface area contributed by atoms with Crippen molar-refractivity contribution < 1.29 is 13.9 Å². The molecular weight excluding hydrogens is 316 g/mol. The van der Waals surface area contributed by atoms with Crippen molar-refractivity contribution in [2.45, 2.75) is 6.92 Å². The van der Waals surface area contributed by atoms with Crippen LogP contribution in [0.15, 0.2) is 30.3 Å². The predicted octanol–water partition coefficient (Wildman–Crippen LogP) is 4.34. The van der Waals surface area contributed by atoms with Crippen molar-refractivity contribution in [1.29, 1.82) is 0 Å². The molecule has 2 aromatic carbocycles. The molecule has 0 aliphatic heterocycles. The highest BCUT2D eigenvalue weighted by Crippen LogP contribution is 2.32. The highest BCUT2D eigenvalue weighted by molar-refractivity contribution is 6.37. The van der Waals surface area contributed by atoms with Crippen molar-refractivity contribution in [2.24, 2.45) is 0 Å². The van der Waals surface area contributed by atoms with Gasteiger partial charge in [-0.1, -0.05) is 23.2 Å². The molecule has 2 rings (SSSR count). The molecule has 0 aromatic heterocycles. The summed E-state index contributed by atoms with van der Waals surface area (Å²) in [7, 11) is 0. The fourth-order valence-corrected chi connectivity index (χ4v) is 2.25. The van der Waals surface area contributed by atoms with Crippen LogP contribution in [0.3, 0.4) is 0 Å². The molecule has 3 nitrogen and oxygen atoms in total. The standard InChI is InChI=1S/C15H12Cl2FNO2/c1-2-21-14-7-10(16)9(6-11(14)17)15(20)8-3-4-13(19)12(18)5-8/h3-7H,2,19H2,1H3. The number of nitrogen functional groups attached to an aromatic ring is 1. The van der Waals surface area contributed by atoms with Crippen LogP contribution in [0.5, 0.6) is 5.75 Å². The molecule has 0 aliphatic carbocycles. The Morgan fingerprint density at radius 3 is 2.57 bits per heavy atom. The Balaban J connectivity index is 2.43. The molecule has 0 aliphatic rings. The highest BCUT2D eigenvalue weighted by atomic mass is 35.5. The first-order valence-electron chi connectivity index (χ1n) is 6.15. The first-order valence-corrected chi connectivity index (χ1v) is 6.91. The highest BCUT2D eigenvalue weighted by Gasteiger charge is 2.17. The van der Waals surface area contributed by atoms with E-state index in [2.05, 4.69) is 0 Å². The molecule has 0 unspecified atom stereocenters. The number of carbonyl (C=O) groups excluding carboxylic acids is 1. The van der Waals surface area contributed by atoms with Crippen LogP contribution < -0.4 is 10.5 Å². The van der Waals surface area contributed by atoms with Gasteiger partial charge in [-0.25, -0.2) is 4.39 Å². The van der Waals surface area contributed by atoms with E-state index in [1.807, 2.05) is 0 Å². The summed E-state index contributed by atoms with van der Waals surface area (Å²) in [4.78, 5) is 12.4. The first-order chi connectivity index (χ1) is 9.93. The molecule has 0 saturated heterocycles. The summed E-state index contributed by atoms with van der Waals surface area (Å²) in [6.07, 6.45) is 0. The second kappa shape index (κ2) is 6.33. The van der Waals surface area contributed by atoms with Crippen molar-refractivity contribution in [1.82, 2.24) is 0 Å². The van der Waals surface area contributed by atoms with Crippen LogP contribution >= 0.6 is 23.2 Å². The third kappa shape index (κ3) is 3.28. The number of ether oxygens (including phenoxy) is 1. The van der Waals surface area contributed by atoms with E-state index in [9.17, 15) is 9.18 Å². The van der Waals surface area contributed by atoms with Crippen molar-refractivity contribution >= 4 is 34.7 Å². The minimum absolute atomic E-state index is 0.0256. The van der Waals surface area contributed by atoms with E-state index in [4.69, 9.17) is 33.7 Å². The summed E-state index contributed by atoms with van der Waals surface area (Å²) in [6.45, 7) is 2.23. The van der Waals surface area contributed by atoms with Crippen molar-refractivity contribution in [3.63, 3.8) is 0 Å². The minimum atomic E-state index is -0.658. The van der Waals surface area contributed by atoms with Crippen molar-refractivity contribution in [3.05, 3.63) is 57.3 Å². The number of rotatable bonds is 4. The lowest BCUT2D eigenvalue weighted by Crippen LogP contribution is -2.05. The van der Waals surface area contributed by atoms with Crippen LogP contribution in [0, 0.1) is 5.82 Å². The van der Waals surface area contributed by atoms with Gasteiger partial charge in [0.15, 0.2) is 5.78 Å². The lowest BCUT2D eigenvalue weighted by molar-refractivity contribution is 0.103. The summed E-state index contributed by atoms with van der Waals surface area (Å²) in [5, 5.41) is 0.450. The van der Waals surface area contributed by atoms with Gasteiger partial charge in [-0.05, 0) is 31.2 Å². The topological polar surface area (TPSA) is 52.3 Å². The van der Waals surface area contributed by atoms with Crippen LogP contribution in [0.2, 0.25) is 10.0 Å². The fourth-order valence-electron chi connectivity index (χ4n) is 1.79. The van der Waals surface area contributed by atoms with E-state index in [0.717, 1.165) is 6.07 Å². The summed E-state index contributed by atoms with van der Waals surface area (Å²) in [5.74, 6) is -0.706. The first kappa shape index (κ1) is 15.6. The van der Waals surface area contributed by atoms with Gasteiger partial charge in [0.1, 0.15) is 11.6 Å². The average molecular weight is 328 g/mol. The summed E-state index contributed by atoms with van der Waals surface area (Å²) < 4.78 is 18.7. The van der Waals surface area contributed by atoms with Gasteiger partial charge in [-0.15, -0.1) is 0 Å². The Kier molecular flexibility index (Phi) is 4.70. The Bertz CT molecular complexity index is 704. The van der Waals surface area contributed by atoms with E-state index >= 15 is 0 Å². The summed E-state index contributed by atoms with van der Waals surface area (Å²) in [6, 6.07) is 6.70. The molecular formula is C15H12Cl2FNO2. The van der Waals surface area contributed by atoms with Gasteiger partial charge in [0, 0.05) is 17.2 Å². The number of benzene rings is 2. The predicted molar refractivity (Wildman–Crippen MR) is 81.9 cm³/mol. The van der Waals surface area contributed by atoms with E-state index in [1.165, 1.54) is 24.3 Å². The SMILES string of the molecule is CCOc1cc(Cl)c(C(=O)c2ccc(N)c(F)c2)cc1Cl. The lowest BCUT2D eigenvalue weighted by Gasteiger charge is -2.10. The Morgan fingerprint density at radius 1 is 1.24 bits per heavy atom. The Labute approximate surface area is 131 Å². The molecule has 0 saturated carbocycles. The van der Waals surface area contributed by atoms with Gasteiger partial charge < -0.3 is 10.5 Å². The maximum Gasteiger partial charge on any atom is 0.194 e. The van der Waals surface area contributed by atoms with Gasteiger partial charge in [-0.3, -0.25) is 4.79 Å². The Morgan fingerprint density at radius 2 is 1.95 bits per heavy atom. The maximum absolute atomic E-state index is 13.4. The molecule has 0 atom stereocenters. The number of ketones is 1. The number of hydrogen-bond acceptors (Lipinski definition) is 3. The molecule has 21 heavy (non-hydrogen) atoms. The van der Waals surface area contributed by atoms with Gasteiger partial charge in [0.2, 0.25) is 0 Å². The van der Waals surface area contributed by atoms with Crippen LogP contribution in [0.4, 0.5) is 10.1 Å². The zero-order valence-corrected chi connectivity index (χ0v) is 12.6. The van der Waals surface area contributed by atoms with Gasteiger partial charge in [-0.2, -0.15) is 0 Å². The fraction of sp³-hybridized carbons (Fsp3) is 0.133. The largest absolute Gasteiger partial charge is 0.492 e. The van der Waals surface area contributed by atoms with Gasteiger partial charge >= 0.3 is 0 Å². The third-order valence-corrected chi connectivity index (χ3v) is 3.44. The monoisotopic (exact) mass is 327 g/mol. The van der Waals surface area contributed by atoms with Gasteiger partial charge in [0.25, 0.3) is 0 Å². The van der Waals surface area contributed by atoms with Crippen LogP contribution in [-0.2, 0) is 0 Å². The van der Waals surface area contributed by atoms with E-state index in [1.54, 1.807) is 6.92 Å². The molecule has 2 aromatic rings. The Hall–Kier alpha value is -1.78. The number of hydrogen-bond donors (Lipinski definition) is 1. The second-order valence-electron chi connectivity index (χ2n) is 4.26. The average Bonchev–Trinajstić information content (AvgIpc) is 2.45. The van der Waals surface area contributed by atoms with Crippen molar-refractivity contribution in [2.75, 3.05) is 12.3 Å². The smallest absolute Gasteiger partial charge is 0.194 e. The molecule has 0 heterocycles. The zero-order chi connectivity index (χ0) is 15.6. The summed E-state index contributed by atoms with van der Waals surface area (Å²) >= 11 is 12.1. The molecule has 0 amide bonds.